The molecule has 1 aromatic rings. The van der Waals surface area contributed by atoms with Crippen LogP contribution >= 0.6 is 0 Å². The first-order valence-corrected chi connectivity index (χ1v) is 6.42. The summed E-state index contributed by atoms with van der Waals surface area (Å²) >= 11 is 0. The van der Waals surface area contributed by atoms with Crippen LogP contribution in [0.2, 0.25) is 0 Å². The molecule has 1 heteroatoms. The predicted octanol–water partition coefficient (Wildman–Crippen LogP) is 3.77. The largest absolute Gasteiger partial charge is 0.294 e. The van der Waals surface area contributed by atoms with Gasteiger partial charge in [0.1, 0.15) is 0 Å². The lowest BCUT2D eigenvalue weighted by Gasteiger charge is -2.20. The minimum atomic E-state index is -0.0405. The fourth-order valence-corrected chi connectivity index (χ4v) is 3.27. The molecule has 3 rings (SSSR count). The SMILES string of the molecule is Cc1ccc(C=C2C(=O)C3(C)CCC2C3)cc1. The van der Waals surface area contributed by atoms with Crippen LogP contribution in [0, 0.1) is 18.3 Å². The van der Waals surface area contributed by atoms with Gasteiger partial charge in [-0.25, -0.2) is 0 Å². The van der Waals surface area contributed by atoms with Crippen LogP contribution in [0.5, 0.6) is 0 Å². The number of ketones is 1. The van der Waals surface area contributed by atoms with Crippen molar-refractivity contribution in [3.63, 3.8) is 0 Å². The second kappa shape index (κ2) is 3.56. The Bertz CT molecular complexity index is 495. The van der Waals surface area contributed by atoms with Crippen molar-refractivity contribution in [3.8, 4) is 0 Å². The molecule has 0 saturated heterocycles. The Balaban J connectivity index is 1.95. The first kappa shape index (κ1) is 10.8. The molecular weight excluding hydrogens is 208 g/mol. The van der Waals surface area contributed by atoms with Crippen LogP contribution in [0.15, 0.2) is 29.8 Å². The maximum Gasteiger partial charge on any atom is 0.165 e. The van der Waals surface area contributed by atoms with Gasteiger partial charge in [0, 0.05) is 5.41 Å². The number of fused-ring (bicyclic) bond motifs is 2. The van der Waals surface area contributed by atoms with E-state index >= 15 is 0 Å². The van der Waals surface area contributed by atoms with Crippen LogP contribution in [0.4, 0.5) is 0 Å². The van der Waals surface area contributed by atoms with E-state index in [0.29, 0.717) is 11.7 Å². The summed E-state index contributed by atoms with van der Waals surface area (Å²) < 4.78 is 0. The zero-order valence-corrected chi connectivity index (χ0v) is 10.5. The van der Waals surface area contributed by atoms with Gasteiger partial charge in [0.25, 0.3) is 0 Å². The van der Waals surface area contributed by atoms with E-state index in [0.717, 1.165) is 24.0 Å². The summed E-state index contributed by atoms with van der Waals surface area (Å²) in [6.07, 6.45) is 5.46. The van der Waals surface area contributed by atoms with Gasteiger partial charge < -0.3 is 0 Å². The Morgan fingerprint density at radius 3 is 2.59 bits per heavy atom. The fraction of sp³-hybridized carbons (Fsp3) is 0.438. The molecule has 0 radical (unpaired) electrons. The molecule has 0 amide bonds. The lowest BCUT2D eigenvalue weighted by molar-refractivity contribution is -0.122. The van der Waals surface area contributed by atoms with Crippen LogP contribution in [-0.2, 0) is 4.79 Å². The molecule has 0 aliphatic heterocycles. The molecular formula is C16H18O. The third kappa shape index (κ3) is 1.65. The van der Waals surface area contributed by atoms with Crippen LogP contribution in [0.1, 0.15) is 37.3 Å². The lowest BCUT2D eigenvalue weighted by Crippen LogP contribution is -2.22. The number of hydrogen-bond acceptors (Lipinski definition) is 1. The zero-order chi connectivity index (χ0) is 12.0. The van der Waals surface area contributed by atoms with E-state index < -0.39 is 0 Å². The highest BCUT2D eigenvalue weighted by Crippen LogP contribution is 2.54. The summed E-state index contributed by atoms with van der Waals surface area (Å²) in [4.78, 5) is 12.3. The van der Waals surface area contributed by atoms with Crippen molar-refractivity contribution in [1.82, 2.24) is 0 Å². The Labute approximate surface area is 103 Å². The highest BCUT2D eigenvalue weighted by Gasteiger charge is 2.51. The quantitative estimate of drug-likeness (QED) is 0.666. The standard InChI is InChI=1S/C16H18O/c1-11-3-5-12(6-4-11)9-14-13-7-8-16(2,10-13)15(14)17/h3-6,9,13H,7-8,10H2,1-2H3. The van der Waals surface area contributed by atoms with E-state index in [-0.39, 0.29) is 5.41 Å². The van der Waals surface area contributed by atoms with Crippen molar-refractivity contribution in [1.29, 1.82) is 0 Å². The number of allylic oxidation sites excluding steroid dienone is 1. The van der Waals surface area contributed by atoms with E-state index in [9.17, 15) is 4.79 Å². The highest BCUT2D eigenvalue weighted by atomic mass is 16.1. The molecule has 1 nitrogen and oxygen atoms in total. The van der Waals surface area contributed by atoms with Gasteiger partial charge in [0.2, 0.25) is 0 Å². The van der Waals surface area contributed by atoms with Gasteiger partial charge in [-0.15, -0.1) is 0 Å². The molecule has 2 aliphatic rings. The molecule has 0 aromatic heterocycles. The second-order valence-corrected chi connectivity index (χ2v) is 5.84. The maximum atomic E-state index is 12.3. The molecule has 88 valence electrons. The van der Waals surface area contributed by atoms with Crippen molar-refractivity contribution >= 4 is 11.9 Å². The Hall–Kier alpha value is -1.37. The number of carbonyl (C=O) groups is 1. The van der Waals surface area contributed by atoms with E-state index in [4.69, 9.17) is 0 Å². The normalized spacial score (nSPS) is 33.6. The topological polar surface area (TPSA) is 17.1 Å². The van der Waals surface area contributed by atoms with Crippen molar-refractivity contribution in [2.75, 3.05) is 0 Å². The summed E-state index contributed by atoms with van der Waals surface area (Å²) in [5, 5.41) is 0. The number of Topliss-reactive ketones (excluding diaryl/α,β-unsaturated/α-hetero) is 1. The lowest BCUT2D eigenvalue weighted by atomic mass is 9.83. The van der Waals surface area contributed by atoms with Crippen molar-refractivity contribution in [2.24, 2.45) is 11.3 Å². The third-order valence-corrected chi connectivity index (χ3v) is 4.39. The smallest absolute Gasteiger partial charge is 0.165 e. The van der Waals surface area contributed by atoms with E-state index in [1.54, 1.807) is 0 Å². The Morgan fingerprint density at radius 1 is 1.29 bits per heavy atom. The van der Waals surface area contributed by atoms with Crippen LogP contribution in [0.25, 0.3) is 6.08 Å². The van der Waals surface area contributed by atoms with E-state index in [1.807, 2.05) is 0 Å². The molecule has 2 unspecified atom stereocenters. The highest BCUT2D eigenvalue weighted by molar-refractivity contribution is 6.06. The molecule has 2 bridgehead atoms. The van der Waals surface area contributed by atoms with Gasteiger partial charge in [-0.3, -0.25) is 4.79 Å². The Morgan fingerprint density at radius 2 is 2.00 bits per heavy atom. The molecule has 2 atom stereocenters. The number of carbonyl (C=O) groups excluding carboxylic acids is 1. The number of benzene rings is 1. The molecule has 2 fully saturated rings. The zero-order valence-electron chi connectivity index (χ0n) is 10.5. The van der Waals surface area contributed by atoms with Gasteiger partial charge in [-0.2, -0.15) is 0 Å². The first-order valence-electron chi connectivity index (χ1n) is 6.42. The molecule has 0 heterocycles. The molecule has 0 spiro atoms. The minimum absolute atomic E-state index is 0.0405. The van der Waals surface area contributed by atoms with E-state index in [1.165, 1.54) is 12.0 Å². The molecule has 0 N–H and O–H groups in total. The predicted molar refractivity (Wildman–Crippen MR) is 69.6 cm³/mol. The summed E-state index contributed by atoms with van der Waals surface area (Å²) in [6.45, 7) is 4.21. The average Bonchev–Trinajstić information content (AvgIpc) is 2.79. The molecule has 2 saturated carbocycles. The van der Waals surface area contributed by atoms with Crippen LogP contribution < -0.4 is 0 Å². The van der Waals surface area contributed by atoms with Gasteiger partial charge >= 0.3 is 0 Å². The summed E-state index contributed by atoms with van der Waals surface area (Å²) in [7, 11) is 0. The summed E-state index contributed by atoms with van der Waals surface area (Å²) in [6, 6.07) is 8.41. The Kier molecular flexibility index (Phi) is 2.25. The van der Waals surface area contributed by atoms with Crippen molar-refractivity contribution < 1.29 is 4.79 Å². The number of hydrogen-bond donors (Lipinski definition) is 0. The van der Waals surface area contributed by atoms with Crippen molar-refractivity contribution in [3.05, 3.63) is 41.0 Å². The molecule has 1 aromatic carbocycles. The molecule has 2 aliphatic carbocycles. The first-order chi connectivity index (χ1) is 8.08. The average molecular weight is 226 g/mol. The van der Waals surface area contributed by atoms with Crippen LogP contribution in [-0.4, -0.2) is 5.78 Å². The van der Waals surface area contributed by atoms with Gasteiger partial charge in [-0.1, -0.05) is 36.8 Å². The van der Waals surface area contributed by atoms with Crippen molar-refractivity contribution in [2.45, 2.75) is 33.1 Å². The second-order valence-electron chi connectivity index (χ2n) is 5.84. The number of rotatable bonds is 1. The molecule has 17 heavy (non-hydrogen) atoms. The maximum absolute atomic E-state index is 12.3. The summed E-state index contributed by atoms with van der Waals surface area (Å²) in [5.74, 6) is 0.920. The number of aryl methyl sites for hydroxylation is 1. The fourth-order valence-electron chi connectivity index (χ4n) is 3.27. The monoisotopic (exact) mass is 226 g/mol. The van der Waals surface area contributed by atoms with Gasteiger partial charge in [-0.05, 0) is 49.3 Å². The van der Waals surface area contributed by atoms with E-state index in [2.05, 4.69) is 44.2 Å². The van der Waals surface area contributed by atoms with Crippen LogP contribution in [0.3, 0.4) is 0 Å². The third-order valence-electron chi connectivity index (χ3n) is 4.39. The summed E-state index contributed by atoms with van der Waals surface area (Å²) in [5.41, 5.74) is 3.46. The van der Waals surface area contributed by atoms with Gasteiger partial charge in [0.15, 0.2) is 5.78 Å². The van der Waals surface area contributed by atoms with Gasteiger partial charge in [0.05, 0.1) is 0 Å². The minimum Gasteiger partial charge on any atom is -0.294 e.